The molecule has 54 heavy (non-hydrogen) atoms. The Hall–Kier alpha value is 0.350. The van der Waals surface area contributed by atoms with Gasteiger partial charge in [-0.05, 0) is 62.7 Å². The monoisotopic (exact) mass is 855 g/mol. The number of alkyl halides is 1. The van der Waals surface area contributed by atoms with Crippen LogP contribution in [0.3, 0.4) is 0 Å². The molecule has 8 nitrogen and oxygen atoms in total. The molecule has 9 atom stereocenters. The van der Waals surface area contributed by atoms with Crippen LogP contribution in [0.15, 0.2) is 0 Å². The van der Waals surface area contributed by atoms with Crippen molar-refractivity contribution in [2.45, 2.75) is 242 Å². The highest BCUT2D eigenvalue weighted by Crippen LogP contribution is 2.55. The summed E-state index contributed by atoms with van der Waals surface area (Å²) in [6.45, 7) is 6.76. The zero-order valence-electron chi connectivity index (χ0n) is 35.3. The van der Waals surface area contributed by atoms with E-state index < -0.39 is 48.1 Å². The Kier molecular flexibility index (Phi) is 32.2. The Morgan fingerprint density at radius 2 is 1.20 bits per heavy atom. The van der Waals surface area contributed by atoms with E-state index in [1.54, 1.807) is 6.26 Å². The lowest BCUT2D eigenvalue weighted by Crippen LogP contribution is -2.59. The summed E-state index contributed by atoms with van der Waals surface area (Å²) in [6, 6.07) is 0. The molecule has 3 fully saturated rings. The van der Waals surface area contributed by atoms with Crippen LogP contribution in [0.2, 0.25) is 0 Å². The van der Waals surface area contributed by atoms with Crippen LogP contribution in [0.4, 0.5) is 0 Å². The molecular formula is C44H87BrO8S. The van der Waals surface area contributed by atoms with Gasteiger partial charge in [0.05, 0.1) is 12.7 Å². The van der Waals surface area contributed by atoms with Gasteiger partial charge in [0.1, 0.15) is 24.4 Å². The summed E-state index contributed by atoms with van der Waals surface area (Å²) < 4.78 is 21.5. The third kappa shape index (κ3) is 23.7. The molecule has 5 N–H and O–H groups in total. The van der Waals surface area contributed by atoms with E-state index >= 15 is 0 Å². The van der Waals surface area contributed by atoms with Crippen LogP contribution in [0.25, 0.3) is 0 Å². The van der Waals surface area contributed by atoms with Gasteiger partial charge in [-0.3, -0.25) is 4.21 Å². The van der Waals surface area contributed by atoms with Crippen LogP contribution in [0.1, 0.15) is 201 Å². The van der Waals surface area contributed by atoms with Gasteiger partial charge in [0, 0.05) is 34.2 Å². The van der Waals surface area contributed by atoms with Crippen LogP contribution in [0, 0.1) is 11.3 Å². The Balaban J connectivity index is 0.000000510. The molecule has 0 aromatic carbocycles. The number of aliphatic hydroxyl groups is 5. The lowest BCUT2D eigenvalue weighted by molar-refractivity contribution is -0.301. The first-order valence-corrected chi connectivity index (χ1v) is 25.2. The van der Waals surface area contributed by atoms with E-state index in [0.29, 0.717) is 12.8 Å². The summed E-state index contributed by atoms with van der Waals surface area (Å²) >= 11 is 3.74. The molecule has 324 valence electrons. The van der Waals surface area contributed by atoms with E-state index in [1.807, 2.05) is 0 Å². The first kappa shape index (κ1) is 52.4. The molecule has 0 aromatic heterocycles. The van der Waals surface area contributed by atoms with Crippen LogP contribution in [-0.2, 0) is 20.3 Å². The fraction of sp³-hybridized carbons (Fsp3) is 1.00. The lowest BCUT2D eigenvalue weighted by atomic mass is 9.56. The molecule has 0 bridgehead atoms. The fourth-order valence-electron chi connectivity index (χ4n) is 7.88. The van der Waals surface area contributed by atoms with Crippen molar-refractivity contribution in [3.05, 3.63) is 0 Å². The van der Waals surface area contributed by atoms with Gasteiger partial charge in [0.25, 0.3) is 0 Å². The van der Waals surface area contributed by atoms with Crippen molar-refractivity contribution in [3.8, 4) is 0 Å². The van der Waals surface area contributed by atoms with E-state index in [1.165, 1.54) is 141 Å². The highest BCUT2D eigenvalue weighted by Gasteiger charge is 2.46. The minimum absolute atomic E-state index is 0.262. The molecule has 2 aliphatic carbocycles. The molecule has 3 aliphatic rings. The molecule has 9 unspecified atom stereocenters. The van der Waals surface area contributed by atoms with E-state index in [2.05, 4.69) is 36.7 Å². The Labute approximate surface area is 343 Å². The standard InChI is InChI=1S/C24H48O7.C11H24OS.C9H15Br/c1-2-3-4-5-6-7-8-9-10-11-12-13-15-19(26)16-14-17-30-24-23(29)22(28)21(27)20(18-25)31-24;1-3-4-5-6-7-8-9-10-11-13(2)12;1-9(5-2-6-9)7-3-4-8(7)10/h19-29H,2-18H2,1H3;3-11H2,1-2H3;7-8H,2-6H2,1H3. The lowest BCUT2D eigenvalue weighted by Gasteiger charge is -2.52. The zero-order valence-corrected chi connectivity index (χ0v) is 37.7. The third-order valence-corrected chi connectivity index (χ3v) is 14.0. The summed E-state index contributed by atoms with van der Waals surface area (Å²) in [5.41, 5.74) is 0.742. The molecule has 0 radical (unpaired) electrons. The second-order valence-electron chi connectivity index (χ2n) is 17.0. The van der Waals surface area contributed by atoms with Gasteiger partial charge >= 0.3 is 0 Å². The number of hydrogen-bond acceptors (Lipinski definition) is 8. The van der Waals surface area contributed by atoms with Crippen molar-refractivity contribution in [3.63, 3.8) is 0 Å². The van der Waals surface area contributed by atoms with Gasteiger partial charge in [-0.25, -0.2) is 0 Å². The SMILES string of the molecule is CC1(C2CCC2Br)CCC1.CCCCCCCCCCCCCCC(O)CCCOC1OC(CO)C(O)C(O)C1O.CCCCCCCCCCS(C)=O. The predicted molar refractivity (Wildman–Crippen MR) is 230 cm³/mol. The number of unbranched alkanes of at least 4 members (excludes halogenated alkanes) is 18. The Morgan fingerprint density at radius 3 is 1.59 bits per heavy atom. The van der Waals surface area contributed by atoms with Crippen molar-refractivity contribution in [2.24, 2.45) is 11.3 Å². The van der Waals surface area contributed by atoms with Crippen molar-refractivity contribution in [2.75, 3.05) is 25.2 Å². The number of ether oxygens (including phenoxy) is 2. The van der Waals surface area contributed by atoms with Gasteiger partial charge in [-0.2, -0.15) is 0 Å². The van der Waals surface area contributed by atoms with Gasteiger partial charge in [-0.15, -0.1) is 0 Å². The predicted octanol–water partition coefficient (Wildman–Crippen LogP) is 9.89. The van der Waals surface area contributed by atoms with Crippen molar-refractivity contribution in [1.29, 1.82) is 0 Å². The summed E-state index contributed by atoms with van der Waals surface area (Å²) in [5.74, 6) is 1.91. The molecule has 0 amide bonds. The van der Waals surface area contributed by atoms with E-state index in [9.17, 15) is 29.7 Å². The Morgan fingerprint density at radius 1 is 0.722 bits per heavy atom. The summed E-state index contributed by atoms with van der Waals surface area (Å²) in [6.07, 6.45) is 30.8. The van der Waals surface area contributed by atoms with Gasteiger partial charge in [0.15, 0.2) is 6.29 Å². The van der Waals surface area contributed by atoms with Crippen LogP contribution in [-0.4, -0.2) is 96.6 Å². The van der Waals surface area contributed by atoms with Crippen LogP contribution < -0.4 is 0 Å². The molecule has 10 heteroatoms. The summed E-state index contributed by atoms with van der Waals surface area (Å²) in [4.78, 5) is 0.859. The molecule has 2 saturated carbocycles. The first-order valence-electron chi connectivity index (χ1n) is 22.5. The van der Waals surface area contributed by atoms with Gasteiger partial charge in [-0.1, -0.05) is 165 Å². The number of hydrogen-bond donors (Lipinski definition) is 5. The van der Waals surface area contributed by atoms with Crippen LogP contribution in [0.5, 0.6) is 0 Å². The molecule has 1 saturated heterocycles. The number of rotatable bonds is 29. The quantitative estimate of drug-likeness (QED) is 0.0371. The maximum atomic E-state index is 10.7. The summed E-state index contributed by atoms with van der Waals surface area (Å²) in [7, 11) is -0.576. The minimum atomic E-state index is -1.42. The van der Waals surface area contributed by atoms with Crippen LogP contribution >= 0.6 is 15.9 Å². The average Bonchev–Trinajstić information content (AvgIpc) is 3.13. The molecule has 1 heterocycles. The van der Waals surface area contributed by atoms with E-state index in [-0.39, 0.29) is 12.7 Å². The average molecular weight is 856 g/mol. The van der Waals surface area contributed by atoms with Gasteiger partial charge in [0.2, 0.25) is 0 Å². The molecule has 0 aromatic rings. The smallest absolute Gasteiger partial charge is 0.186 e. The van der Waals surface area contributed by atoms with Crippen molar-refractivity contribution < 1.29 is 39.2 Å². The topological polar surface area (TPSA) is 137 Å². The second-order valence-corrected chi connectivity index (χ2v) is 19.7. The highest BCUT2D eigenvalue weighted by molar-refractivity contribution is 9.09. The Bertz CT molecular complexity index is 878. The van der Waals surface area contributed by atoms with Crippen molar-refractivity contribution >= 4 is 26.7 Å². The first-order chi connectivity index (χ1) is 26.0. The second kappa shape index (κ2) is 33.2. The largest absolute Gasteiger partial charge is 0.394 e. The van der Waals surface area contributed by atoms with Crippen molar-refractivity contribution in [1.82, 2.24) is 0 Å². The maximum absolute atomic E-state index is 10.7. The zero-order chi connectivity index (χ0) is 40.0. The van der Waals surface area contributed by atoms with Gasteiger partial charge < -0.3 is 35.0 Å². The summed E-state index contributed by atoms with van der Waals surface area (Å²) in [5, 5.41) is 48.7. The van der Waals surface area contributed by atoms with E-state index in [4.69, 9.17) is 9.47 Å². The van der Waals surface area contributed by atoms with E-state index in [0.717, 1.165) is 47.6 Å². The third-order valence-electron chi connectivity index (χ3n) is 12.1. The molecular weight excluding hydrogens is 768 g/mol. The number of aliphatic hydroxyl groups excluding tert-OH is 5. The molecule has 3 rings (SSSR count). The normalized spacial score (nSPS) is 27.0. The number of halogens is 1. The highest BCUT2D eigenvalue weighted by atomic mass is 79.9. The molecule has 1 aliphatic heterocycles. The minimum Gasteiger partial charge on any atom is -0.394 e. The maximum Gasteiger partial charge on any atom is 0.186 e. The molecule has 0 spiro atoms. The fourth-order valence-corrected chi connectivity index (χ4v) is 9.66.